The van der Waals surface area contributed by atoms with Gasteiger partial charge in [-0.25, -0.2) is 4.79 Å². The van der Waals surface area contributed by atoms with Gasteiger partial charge in [-0.1, -0.05) is 12.1 Å². The summed E-state index contributed by atoms with van der Waals surface area (Å²) in [5, 5.41) is 2.67. The second-order valence-electron chi connectivity index (χ2n) is 7.71. The second kappa shape index (κ2) is 8.50. The molecule has 9 heteroatoms. The van der Waals surface area contributed by atoms with E-state index in [9.17, 15) is 19.2 Å². The monoisotopic (exact) mass is 404 g/mol. The molecule has 158 valence electrons. The topological polar surface area (TPSA) is 122 Å². The van der Waals surface area contributed by atoms with Gasteiger partial charge in [-0.05, 0) is 52.3 Å². The van der Waals surface area contributed by atoms with Crippen molar-refractivity contribution in [1.29, 1.82) is 0 Å². The summed E-state index contributed by atoms with van der Waals surface area (Å²) in [5.74, 6) is -0.993. The molecule has 0 radical (unpaired) electrons. The van der Waals surface area contributed by atoms with Gasteiger partial charge >= 0.3 is 6.03 Å². The van der Waals surface area contributed by atoms with Crippen molar-refractivity contribution in [3.8, 4) is 5.75 Å². The fourth-order valence-corrected chi connectivity index (χ4v) is 3.46. The van der Waals surface area contributed by atoms with Gasteiger partial charge in [-0.15, -0.1) is 0 Å². The van der Waals surface area contributed by atoms with Gasteiger partial charge in [-0.2, -0.15) is 0 Å². The summed E-state index contributed by atoms with van der Waals surface area (Å²) in [5.41, 5.74) is 4.27. The van der Waals surface area contributed by atoms with Crippen LogP contribution < -0.4 is 15.8 Å². The number of carbonyl (C=O) groups excluding carboxylic acids is 4. The maximum Gasteiger partial charge on any atom is 0.325 e. The van der Waals surface area contributed by atoms with Gasteiger partial charge in [0.1, 0.15) is 17.8 Å². The minimum absolute atomic E-state index is 0.0532. The van der Waals surface area contributed by atoms with Gasteiger partial charge in [0.25, 0.3) is 11.8 Å². The molecule has 1 saturated heterocycles. The number of amides is 5. The molecule has 0 aliphatic carbocycles. The summed E-state index contributed by atoms with van der Waals surface area (Å²) in [4.78, 5) is 51.6. The van der Waals surface area contributed by atoms with E-state index in [1.165, 1.54) is 0 Å². The third kappa shape index (κ3) is 4.67. The molecule has 0 aromatic heterocycles. The van der Waals surface area contributed by atoms with Crippen LogP contribution in [0.3, 0.4) is 0 Å². The Bertz CT molecular complexity index is 798. The van der Waals surface area contributed by atoms with Crippen LogP contribution in [0.15, 0.2) is 24.3 Å². The zero-order chi connectivity index (χ0) is 21.9. The number of carbonyl (C=O) groups is 4. The van der Waals surface area contributed by atoms with E-state index in [0.717, 1.165) is 4.90 Å². The fourth-order valence-electron chi connectivity index (χ4n) is 3.46. The quantitative estimate of drug-likeness (QED) is 0.625. The number of benzene rings is 1. The molecule has 1 aliphatic rings. The fraction of sp³-hybridized carbons (Fsp3) is 0.500. The van der Waals surface area contributed by atoms with Crippen LogP contribution in [0, 0.1) is 0 Å². The number of rotatable bonds is 8. The van der Waals surface area contributed by atoms with Crippen molar-refractivity contribution in [2.24, 2.45) is 5.73 Å². The lowest BCUT2D eigenvalue weighted by molar-refractivity contribution is -0.141. The first-order valence-corrected chi connectivity index (χ1v) is 9.44. The lowest BCUT2D eigenvalue weighted by atomic mass is 9.92. The average Bonchev–Trinajstić information content (AvgIpc) is 2.84. The van der Waals surface area contributed by atoms with Gasteiger partial charge in [-0.3, -0.25) is 19.3 Å². The molecule has 9 nitrogen and oxygen atoms in total. The summed E-state index contributed by atoms with van der Waals surface area (Å²) in [6.07, 6.45) is 0. The van der Waals surface area contributed by atoms with Crippen molar-refractivity contribution in [3.05, 3.63) is 29.8 Å². The highest BCUT2D eigenvalue weighted by molar-refractivity contribution is 6.09. The smallest absolute Gasteiger partial charge is 0.325 e. The molecule has 0 bridgehead atoms. The van der Waals surface area contributed by atoms with Gasteiger partial charge in [0, 0.05) is 12.1 Å². The van der Waals surface area contributed by atoms with Crippen LogP contribution in [0.1, 0.15) is 40.2 Å². The standard InChI is InChI=1S/C20H28N4O5/c1-12(2)24(13(3)4)17(26)10-23-18(27)20(5,22-19(23)28)14-6-8-15(9-7-14)29-11-16(21)25/h6-9,12-13H,10-11H2,1-5H3,(H2,21,25)(H,22,28)/t20-/m1/s1. The molecule has 29 heavy (non-hydrogen) atoms. The Labute approximate surface area is 170 Å². The largest absolute Gasteiger partial charge is 0.484 e. The number of nitrogens with zero attached hydrogens (tertiary/aromatic N) is 2. The molecule has 0 unspecified atom stereocenters. The minimum atomic E-state index is -1.31. The lowest BCUT2D eigenvalue weighted by Crippen LogP contribution is -2.49. The van der Waals surface area contributed by atoms with Gasteiger partial charge in [0.05, 0.1) is 0 Å². The molecule has 0 saturated carbocycles. The molecule has 3 N–H and O–H groups in total. The zero-order valence-electron chi connectivity index (χ0n) is 17.4. The molecule has 1 aromatic rings. The molecule has 1 aliphatic heterocycles. The normalized spacial score (nSPS) is 18.9. The Morgan fingerprint density at radius 3 is 2.17 bits per heavy atom. The number of primary amides is 1. The first kappa shape index (κ1) is 22.2. The summed E-state index contributed by atoms with van der Waals surface area (Å²) in [7, 11) is 0. The molecule has 1 fully saturated rings. The third-order valence-electron chi connectivity index (χ3n) is 4.78. The first-order valence-electron chi connectivity index (χ1n) is 9.44. The van der Waals surface area contributed by atoms with Crippen LogP contribution in [0.25, 0.3) is 0 Å². The number of ether oxygens (including phenoxy) is 1. The summed E-state index contributed by atoms with van der Waals surface area (Å²) in [6, 6.07) is 5.67. The molecular formula is C20H28N4O5. The van der Waals surface area contributed by atoms with E-state index in [1.807, 2.05) is 27.7 Å². The third-order valence-corrected chi connectivity index (χ3v) is 4.78. The number of hydrogen-bond donors (Lipinski definition) is 2. The van der Waals surface area contributed by atoms with E-state index in [0.29, 0.717) is 11.3 Å². The van der Waals surface area contributed by atoms with Crippen LogP contribution in [-0.2, 0) is 19.9 Å². The predicted molar refractivity (Wildman–Crippen MR) is 106 cm³/mol. The van der Waals surface area contributed by atoms with Crippen LogP contribution in [0.5, 0.6) is 5.75 Å². The number of imide groups is 1. The molecule has 1 atom stereocenters. The Morgan fingerprint density at radius 1 is 1.14 bits per heavy atom. The number of urea groups is 1. The highest BCUT2D eigenvalue weighted by Crippen LogP contribution is 2.30. The average molecular weight is 404 g/mol. The SMILES string of the molecule is CC(C)N(C(=O)CN1C(=O)N[C@](C)(c2ccc(OCC(N)=O)cc2)C1=O)C(C)C. The molecule has 0 spiro atoms. The molecule has 1 heterocycles. The highest BCUT2D eigenvalue weighted by atomic mass is 16.5. The Balaban J connectivity index is 2.18. The van der Waals surface area contributed by atoms with Gasteiger partial charge in [0.2, 0.25) is 5.91 Å². The zero-order valence-corrected chi connectivity index (χ0v) is 17.4. The van der Waals surface area contributed by atoms with Crippen molar-refractivity contribution in [2.75, 3.05) is 13.2 Å². The van der Waals surface area contributed by atoms with Crippen molar-refractivity contribution in [3.63, 3.8) is 0 Å². The number of nitrogens with two attached hydrogens (primary N) is 1. The molecule has 5 amide bonds. The molecule has 2 rings (SSSR count). The summed E-state index contributed by atoms with van der Waals surface area (Å²) in [6.45, 7) is 8.54. The Kier molecular flexibility index (Phi) is 6.51. The van der Waals surface area contributed by atoms with E-state index >= 15 is 0 Å². The predicted octanol–water partition coefficient (Wildman–Crippen LogP) is 0.963. The van der Waals surface area contributed by atoms with Crippen molar-refractivity contribution in [2.45, 2.75) is 52.2 Å². The van der Waals surface area contributed by atoms with E-state index in [4.69, 9.17) is 10.5 Å². The number of nitrogens with one attached hydrogen (secondary N) is 1. The Hall–Kier alpha value is -3.10. The van der Waals surface area contributed by atoms with Gasteiger partial charge in [0.15, 0.2) is 6.61 Å². The van der Waals surface area contributed by atoms with Crippen LogP contribution >= 0.6 is 0 Å². The minimum Gasteiger partial charge on any atom is -0.484 e. The van der Waals surface area contributed by atoms with E-state index in [1.54, 1.807) is 36.1 Å². The van der Waals surface area contributed by atoms with Crippen LogP contribution in [-0.4, -0.2) is 58.8 Å². The van der Waals surface area contributed by atoms with E-state index < -0.39 is 23.4 Å². The van der Waals surface area contributed by atoms with Crippen molar-refractivity contribution >= 4 is 23.8 Å². The molecular weight excluding hydrogens is 376 g/mol. The van der Waals surface area contributed by atoms with Crippen LogP contribution in [0.2, 0.25) is 0 Å². The van der Waals surface area contributed by atoms with Gasteiger partial charge < -0.3 is 20.7 Å². The van der Waals surface area contributed by atoms with E-state index in [2.05, 4.69) is 5.32 Å². The number of hydrogen-bond acceptors (Lipinski definition) is 5. The van der Waals surface area contributed by atoms with E-state index in [-0.39, 0.29) is 31.1 Å². The summed E-state index contributed by atoms with van der Waals surface area (Å²) < 4.78 is 5.20. The lowest BCUT2D eigenvalue weighted by Gasteiger charge is -2.32. The van der Waals surface area contributed by atoms with Crippen LogP contribution in [0.4, 0.5) is 4.79 Å². The maximum absolute atomic E-state index is 13.0. The maximum atomic E-state index is 13.0. The Morgan fingerprint density at radius 2 is 1.69 bits per heavy atom. The second-order valence-corrected chi connectivity index (χ2v) is 7.71. The van der Waals surface area contributed by atoms with Crippen molar-refractivity contribution in [1.82, 2.24) is 15.1 Å². The molecule has 1 aromatic carbocycles. The first-order chi connectivity index (χ1) is 13.5. The summed E-state index contributed by atoms with van der Waals surface area (Å²) >= 11 is 0. The highest BCUT2D eigenvalue weighted by Gasteiger charge is 2.49. The van der Waals surface area contributed by atoms with Crippen molar-refractivity contribution < 1.29 is 23.9 Å².